The van der Waals surface area contributed by atoms with Crippen LogP contribution >= 0.6 is 23.0 Å². The molecule has 0 aromatic heterocycles. The van der Waals surface area contributed by atoms with Crippen LogP contribution in [0.15, 0.2) is 5.10 Å². The first-order valence-electron chi connectivity index (χ1n) is 2.36. The molecule has 0 saturated carbocycles. The molecule has 0 aromatic rings. The Labute approximate surface area is 68.7 Å². The molecule has 0 spiro atoms. The predicted molar refractivity (Wildman–Crippen MR) is 44.8 cm³/mol. The molecule has 0 fully saturated rings. The zero-order valence-electron chi connectivity index (χ0n) is 5.47. The average molecular weight is 243 g/mol. The summed E-state index contributed by atoms with van der Waals surface area (Å²) in [6, 6.07) is 0. The van der Waals surface area contributed by atoms with E-state index < -0.39 is 5.72 Å². The lowest BCUT2D eigenvalue weighted by atomic mass is 10.3. The number of nitrogens with zero attached hydrogens (tertiary/aromatic N) is 2. The molecule has 54 valence electrons. The molecule has 0 radical (unpaired) electrons. The lowest BCUT2D eigenvalue weighted by Crippen LogP contribution is -2.45. The Bertz CT molecular complexity index is 106. The molecule has 0 aromatic carbocycles. The van der Waals surface area contributed by atoms with Gasteiger partial charge in [-0.15, -0.1) is 0 Å². The van der Waals surface area contributed by atoms with Gasteiger partial charge >= 0.3 is 0 Å². The monoisotopic (exact) mass is 243 g/mol. The number of rotatable bonds is 3. The first kappa shape index (κ1) is 9.12. The molecule has 0 aliphatic heterocycles. The summed E-state index contributed by atoms with van der Waals surface area (Å²) in [4.78, 5) is 0. The van der Waals surface area contributed by atoms with Gasteiger partial charge in [0.2, 0.25) is 0 Å². The second-order valence-electron chi connectivity index (χ2n) is 2.01. The third-order valence-corrected chi connectivity index (χ3v) is 1.97. The van der Waals surface area contributed by atoms with Gasteiger partial charge in [0.1, 0.15) is 23.0 Å². The molecule has 0 amide bonds. The smallest absolute Gasteiger partial charge is 0.177 e. The molecule has 0 rings (SSSR count). The van der Waals surface area contributed by atoms with Gasteiger partial charge in [-0.2, -0.15) is 5.10 Å². The van der Waals surface area contributed by atoms with Crippen molar-refractivity contribution < 1.29 is 3.07 Å². The lowest BCUT2D eigenvalue weighted by Gasteiger charge is -2.28. The van der Waals surface area contributed by atoms with Crippen molar-refractivity contribution in [3.8, 4) is 0 Å². The van der Waals surface area contributed by atoms with Crippen molar-refractivity contribution >= 4 is 29.7 Å². The van der Waals surface area contributed by atoms with Gasteiger partial charge < -0.3 is 0 Å². The van der Waals surface area contributed by atoms with Crippen LogP contribution in [0.25, 0.3) is 0 Å². The molecule has 4 nitrogen and oxygen atoms in total. The van der Waals surface area contributed by atoms with E-state index >= 15 is 0 Å². The molecule has 2 N–H and O–H groups in total. The summed E-state index contributed by atoms with van der Waals surface area (Å²) < 4.78 is 4.93. The van der Waals surface area contributed by atoms with Gasteiger partial charge in [-0.1, -0.05) is 0 Å². The zero-order valence-corrected chi connectivity index (χ0v) is 7.62. The first-order valence-corrected chi connectivity index (χ1v) is 3.24. The minimum atomic E-state index is -0.581. The molecule has 0 saturated heterocycles. The summed E-state index contributed by atoms with van der Waals surface area (Å²) >= 11 is 1.76. The van der Waals surface area contributed by atoms with Gasteiger partial charge in [-0.05, 0) is 13.8 Å². The van der Waals surface area contributed by atoms with Crippen molar-refractivity contribution in [1.29, 1.82) is 0 Å². The van der Waals surface area contributed by atoms with E-state index in [0.29, 0.717) is 0 Å². The van der Waals surface area contributed by atoms with Gasteiger partial charge in [-0.3, -0.25) is 3.07 Å². The highest BCUT2D eigenvalue weighted by molar-refractivity contribution is 14.1. The molecule has 0 aliphatic carbocycles. The highest BCUT2D eigenvalue weighted by Crippen LogP contribution is 2.14. The maximum absolute atomic E-state index is 5.34. The topological polar surface area (TPSA) is 50.8 Å². The minimum absolute atomic E-state index is 0.581. The quantitative estimate of drug-likeness (QED) is 0.263. The fourth-order valence-corrected chi connectivity index (χ4v) is 0.407. The summed E-state index contributed by atoms with van der Waals surface area (Å²) in [6.45, 7) is 6.81. The number of hydrazine groups is 1. The molecular weight excluding hydrogens is 233 g/mol. The molecule has 0 atom stereocenters. The van der Waals surface area contributed by atoms with E-state index in [0.717, 1.165) is 5.12 Å². The Morgan fingerprint density at radius 2 is 2.22 bits per heavy atom. The molecule has 0 bridgehead atoms. The highest BCUT2D eigenvalue weighted by Gasteiger charge is 2.22. The fraction of sp³-hybridized carbons (Fsp3) is 0.750. The van der Waals surface area contributed by atoms with Crippen LogP contribution in [0.4, 0.5) is 0 Å². The van der Waals surface area contributed by atoms with Crippen molar-refractivity contribution in [2.75, 3.05) is 0 Å². The summed E-state index contributed by atoms with van der Waals surface area (Å²) in [5.74, 6) is 5.34. The van der Waals surface area contributed by atoms with Crippen molar-refractivity contribution in [3.05, 3.63) is 0 Å². The summed E-state index contributed by atoms with van der Waals surface area (Å²) in [5.41, 5.74) is -0.581. The van der Waals surface area contributed by atoms with E-state index in [2.05, 4.69) is 11.8 Å². The van der Waals surface area contributed by atoms with Gasteiger partial charge in [0.05, 0.1) is 0 Å². The number of nitrogens with two attached hydrogens (primary N) is 1. The number of hydrogen-bond acceptors (Lipinski definition) is 4. The Morgan fingerprint density at radius 3 is 2.33 bits per heavy atom. The second kappa shape index (κ2) is 3.33. The molecule has 0 heterocycles. The average Bonchev–Trinajstić information content (AvgIpc) is 1.86. The predicted octanol–water partition coefficient (Wildman–Crippen LogP) is 0.880. The Balaban J connectivity index is 3.95. The van der Waals surface area contributed by atoms with Crippen LogP contribution in [0, 0.1) is 0 Å². The Kier molecular flexibility index (Phi) is 3.37. The van der Waals surface area contributed by atoms with Crippen molar-refractivity contribution in [2.24, 2.45) is 10.9 Å². The SMILES string of the molecule is C=NN(N)C(C)(C)OI. The van der Waals surface area contributed by atoms with Crippen LogP contribution < -0.4 is 5.84 Å². The van der Waals surface area contributed by atoms with Crippen LogP contribution in [0.1, 0.15) is 13.8 Å². The van der Waals surface area contributed by atoms with Crippen LogP contribution in [0.5, 0.6) is 0 Å². The summed E-state index contributed by atoms with van der Waals surface area (Å²) in [7, 11) is 0. The van der Waals surface area contributed by atoms with E-state index in [1.807, 2.05) is 0 Å². The van der Waals surface area contributed by atoms with Crippen molar-refractivity contribution in [1.82, 2.24) is 5.12 Å². The number of hydrazone groups is 1. The number of halogens is 1. The van der Waals surface area contributed by atoms with E-state index in [1.165, 1.54) is 0 Å². The zero-order chi connectivity index (χ0) is 7.49. The van der Waals surface area contributed by atoms with E-state index in [9.17, 15) is 0 Å². The Morgan fingerprint density at radius 1 is 1.78 bits per heavy atom. The summed E-state index contributed by atoms with van der Waals surface area (Å²) in [5, 5.41) is 4.61. The largest absolute Gasteiger partial charge is 0.285 e. The van der Waals surface area contributed by atoms with E-state index in [4.69, 9.17) is 8.91 Å². The fourth-order valence-electron chi connectivity index (χ4n) is 0.206. The maximum atomic E-state index is 5.34. The normalized spacial score (nSPS) is 11.1. The number of hydrogen-bond donors (Lipinski definition) is 1. The van der Waals surface area contributed by atoms with E-state index in [1.54, 1.807) is 36.9 Å². The molecule has 0 aliphatic rings. The van der Waals surface area contributed by atoms with E-state index in [-0.39, 0.29) is 0 Å². The van der Waals surface area contributed by atoms with Gasteiger partial charge in [0.25, 0.3) is 0 Å². The second-order valence-corrected chi connectivity index (χ2v) is 2.45. The minimum Gasteiger partial charge on any atom is -0.285 e. The van der Waals surface area contributed by atoms with Crippen LogP contribution in [0.2, 0.25) is 0 Å². The van der Waals surface area contributed by atoms with Crippen molar-refractivity contribution in [3.63, 3.8) is 0 Å². The third-order valence-electron chi connectivity index (χ3n) is 0.893. The molecule has 5 heteroatoms. The summed E-state index contributed by atoms with van der Waals surface area (Å²) in [6.07, 6.45) is 0. The van der Waals surface area contributed by atoms with Gasteiger partial charge in [0, 0.05) is 6.72 Å². The standard InChI is InChI=1S/C4H10IN3O/c1-4(2,9-5)8(6)7-3/h3,6H2,1-2H3. The lowest BCUT2D eigenvalue weighted by molar-refractivity contribution is -0.0226. The first-order chi connectivity index (χ1) is 4.04. The van der Waals surface area contributed by atoms with Crippen molar-refractivity contribution in [2.45, 2.75) is 19.6 Å². The third kappa shape index (κ3) is 2.46. The van der Waals surface area contributed by atoms with Crippen LogP contribution in [-0.4, -0.2) is 17.6 Å². The van der Waals surface area contributed by atoms with Gasteiger partial charge in [0.15, 0.2) is 5.72 Å². The molecular formula is C4H10IN3O. The molecule has 9 heavy (non-hydrogen) atoms. The maximum Gasteiger partial charge on any atom is 0.177 e. The Hall–Kier alpha value is 0.120. The highest BCUT2D eigenvalue weighted by atomic mass is 127. The van der Waals surface area contributed by atoms with Gasteiger partial charge in [-0.25, -0.2) is 11.0 Å². The van der Waals surface area contributed by atoms with Crippen LogP contribution in [-0.2, 0) is 3.07 Å². The van der Waals surface area contributed by atoms with Crippen LogP contribution in [0.3, 0.4) is 0 Å². The molecule has 0 unspecified atom stereocenters.